The summed E-state index contributed by atoms with van der Waals surface area (Å²) < 4.78 is 18.3. The first-order valence-corrected chi connectivity index (χ1v) is 4.10. The number of hydrogen-bond donors (Lipinski definition) is 0. The molecule has 1 aromatic carbocycles. The van der Waals surface area contributed by atoms with Crippen LogP contribution in [0, 0.1) is 5.82 Å². The van der Waals surface area contributed by atoms with Crippen LogP contribution in [0.3, 0.4) is 0 Å². The molecule has 0 unspecified atom stereocenters. The Morgan fingerprint density at radius 1 is 1.29 bits per heavy atom. The molecule has 0 atom stereocenters. The Morgan fingerprint density at radius 3 is 2.79 bits per heavy atom. The number of carbonyl (C=O) groups excluding carboxylic acids is 1. The first-order valence-electron chi connectivity index (χ1n) is 4.10. The molecule has 2 aromatic rings. The van der Waals surface area contributed by atoms with Crippen LogP contribution in [0.2, 0.25) is 0 Å². The molecular formula is C11H7FO2. The molecule has 2 nitrogen and oxygen atoms in total. The molecule has 0 saturated carbocycles. The van der Waals surface area contributed by atoms with Crippen molar-refractivity contribution in [1.29, 1.82) is 0 Å². The predicted molar refractivity (Wildman–Crippen MR) is 49.5 cm³/mol. The molecule has 0 aliphatic heterocycles. The van der Waals surface area contributed by atoms with Crippen molar-refractivity contribution < 1.29 is 13.6 Å². The van der Waals surface area contributed by atoms with Gasteiger partial charge in [-0.25, -0.2) is 4.39 Å². The van der Waals surface area contributed by atoms with Crippen LogP contribution in [0.5, 0.6) is 0 Å². The van der Waals surface area contributed by atoms with E-state index in [1.807, 2.05) is 0 Å². The number of carbonyl (C=O) groups is 1. The van der Waals surface area contributed by atoms with E-state index in [4.69, 9.17) is 4.42 Å². The van der Waals surface area contributed by atoms with Crippen LogP contribution in [-0.2, 0) is 0 Å². The van der Waals surface area contributed by atoms with Gasteiger partial charge in [-0.05, 0) is 30.3 Å². The van der Waals surface area contributed by atoms with Crippen molar-refractivity contribution in [3.8, 4) is 11.3 Å². The van der Waals surface area contributed by atoms with Crippen molar-refractivity contribution in [3.05, 3.63) is 48.0 Å². The lowest BCUT2D eigenvalue weighted by Crippen LogP contribution is -1.86. The number of benzene rings is 1. The van der Waals surface area contributed by atoms with Crippen molar-refractivity contribution in [2.75, 3.05) is 0 Å². The second kappa shape index (κ2) is 3.46. The molecule has 0 bridgehead atoms. The molecule has 0 aliphatic rings. The minimum Gasteiger partial charge on any atom is -0.464 e. The fourth-order valence-electron chi connectivity index (χ4n) is 1.24. The molecule has 70 valence electrons. The number of halogens is 1. The van der Waals surface area contributed by atoms with Gasteiger partial charge >= 0.3 is 0 Å². The second-order valence-electron chi connectivity index (χ2n) is 2.83. The minimum absolute atomic E-state index is 0.305. The average Bonchev–Trinajstić information content (AvgIpc) is 2.71. The molecule has 3 heteroatoms. The Bertz CT molecular complexity index is 446. The Balaban J connectivity index is 2.57. The molecule has 0 amide bonds. The highest BCUT2D eigenvalue weighted by Crippen LogP contribution is 2.23. The summed E-state index contributed by atoms with van der Waals surface area (Å²) in [6.07, 6.45) is 2.13. The zero-order valence-electron chi connectivity index (χ0n) is 7.24. The Hall–Kier alpha value is -1.90. The topological polar surface area (TPSA) is 30.2 Å². The van der Waals surface area contributed by atoms with Gasteiger partial charge in [0.15, 0.2) is 0 Å². The van der Waals surface area contributed by atoms with Crippen molar-refractivity contribution in [1.82, 2.24) is 0 Å². The summed E-state index contributed by atoms with van der Waals surface area (Å²) in [5, 5.41) is 0. The summed E-state index contributed by atoms with van der Waals surface area (Å²) in [7, 11) is 0. The van der Waals surface area contributed by atoms with Gasteiger partial charge < -0.3 is 4.42 Å². The molecule has 1 heterocycles. The molecule has 0 fully saturated rings. The Labute approximate surface area is 80.0 Å². The van der Waals surface area contributed by atoms with Crippen LogP contribution >= 0.6 is 0 Å². The van der Waals surface area contributed by atoms with E-state index in [0.29, 0.717) is 23.2 Å². The number of rotatable bonds is 2. The highest BCUT2D eigenvalue weighted by atomic mass is 19.1. The largest absolute Gasteiger partial charge is 0.464 e. The van der Waals surface area contributed by atoms with Gasteiger partial charge in [0.25, 0.3) is 0 Å². The molecule has 0 saturated heterocycles. The van der Waals surface area contributed by atoms with E-state index in [0.717, 1.165) is 0 Å². The maximum Gasteiger partial charge on any atom is 0.150 e. The van der Waals surface area contributed by atoms with Crippen LogP contribution in [0.15, 0.2) is 41.0 Å². The summed E-state index contributed by atoms with van der Waals surface area (Å²) in [6.45, 7) is 0. The van der Waals surface area contributed by atoms with Gasteiger partial charge in [0.1, 0.15) is 17.9 Å². The highest BCUT2D eigenvalue weighted by Gasteiger charge is 2.07. The van der Waals surface area contributed by atoms with E-state index in [9.17, 15) is 9.18 Å². The highest BCUT2D eigenvalue weighted by molar-refractivity contribution is 5.78. The SMILES string of the molecule is O=Cc1ccc(F)c(-c2ccco2)c1. The van der Waals surface area contributed by atoms with Gasteiger partial charge in [0.05, 0.1) is 11.8 Å². The molecular weight excluding hydrogens is 183 g/mol. The van der Waals surface area contributed by atoms with Gasteiger partial charge in [-0.3, -0.25) is 4.79 Å². The van der Waals surface area contributed by atoms with Crippen LogP contribution in [0.25, 0.3) is 11.3 Å². The molecule has 0 N–H and O–H groups in total. The van der Waals surface area contributed by atoms with Crippen molar-refractivity contribution in [3.63, 3.8) is 0 Å². The quantitative estimate of drug-likeness (QED) is 0.681. The summed E-state index contributed by atoms with van der Waals surface area (Å²) >= 11 is 0. The zero-order chi connectivity index (χ0) is 9.97. The van der Waals surface area contributed by atoms with Gasteiger partial charge in [-0.1, -0.05) is 0 Å². The van der Waals surface area contributed by atoms with Crippen molar-refractivity contribution in [2.45, 2.75) is 0 Å². The number of hydrogen-bond acceptors (Lipinski definition) is 2. The smallest absolute Gasteiger partial charge is 0.150 e. The maximum atomic E-state index is 13.3. The lowest BCUT2D eigenvalue weighted by Gasteiger charge is -1.99. The molecule has 14 heavy (non-hydrogen) atoms. The molecule has 2 rings (SSSR count). The lowest BCUT2D eigenvalue weighted by molar-refractivity contribution is 0.112. The van der Waals surface area contributed by atoms with E-state index >= 15 is 0 Å². The second-order valence-corrected chi connectivity index (χ2v) is 2.83. The average molecular weight is 190 g/mol. The summed E-state index contributed by atoms with van der Waals surface area (Å²) in [5.74, 6) is 0.0248. The van der Waals surface area contributed by atoms with Gasteiger partial charge in [-0.2, -0.15) is 0 Å². The third-order valence-corrected chi connectivity index (χ3v) is 1.91. The van der Waals surface area contributed by atoms with E-state index in [1.54, 1.807) is 12.1 Å². The molecule has 0 spiro atoms. The Morgan fingerprint density at radius 2 is 2.14 bits per heavy atom. The third-order valence-electron chi connectivity index (χ3n) is 1.91. The lowest BCUT2D eigenvalue weighted by atomic mass is 10.1. The maximum absolute atomic E-state index is 13.3. The normalized spacial score (nSPS) is 10.1. The molecule has 0 radical (unpaired) electrons. The number of aldehydes is 1. The van der Waals surface area contributed by atoms with Crippen LogP contribution in [0.4, 0.5) is 4.39 Å². The van der Waals surface area contributed by atoms with E-state index < -0.39 is 5.82 Å². The molecule has 1 aromatic heterocycles. The Kier molecular flexibility index (Phi) is 2.14. The predicted octanol–water partition coefficient (Wildman–Crippen LogP) is 2.90. The van der Waals surface area contributed by atoms with Crippen LogP contribution < -0.4 is 0 Å². The third kappa shape index (κ3) is 1.44. The fourth-order valence-corrected chi connectivity index (χ4v) is 1.24. The fraction of sp³-hybridized carbons (Fsp3) is 0. The minimum atomic E-state index is -0.398. The first-order chi connectivity index (χ1) is 6.81. The van der Waals surface area contributed by atoms with Gasteiger partial charge in [0.2, 0.25) is 0 Å². The van der Waals surface area contributed by atoms with E-state index in [-0.39, 0.29) is 0 Å². The number of furan rings is 1. The van der Waals surface area contributed by atoms with Crippen molar-refractivity contribution in [2.24, 2.45) is 0 Å². The van der Waals surface area contributed by atoms with Gasteiger partial charge in [-0.15, -0.1) is 0 Å². The first kappa shape index (κ1) is 8.69. The monoisotopic (exact) mass is 190 g/mol. The zero-order valence-corrected chi connectivity index (χ0v) is 7.24. The van der Waals surface area contributed by atoms with Crippen LogP contribution in [0.1, 0.15) is 10.4 Å². The summed E-state index contributed by atoms with van der Waals surface area (Å²) in [4.78, 5) is 10.5. The standard InChI is InChI=1S/C11H7FO2/c12-10-4-3-8(7-13)6-9(10)11-2-1-5-14-11/h1-7H. The van der Waals surface area contributed by atoms with Gasteiger partial charge in [0, 0.05) is 5.56 Å². The molecule has 0 aliphatic carbocycles. The summed E-state index contributed by atoms with van der Waals surface area (Å²) in [6, 6.07) is 7.45. The van der Waals surface area contributed by atoms with E-state index in [2.05, 4.69) is 0 Å². The van der Waals surface area contributed by atoms with Crippen molar-refractivity contribution >= 4 is 6.29 Å². The van der Waals surface area contributed by atoms with E-state index in [1.165, 1.54) is 24.5 Å². The van der Waals surface area contributed by atoms with Crippen LogP contribution in [-0.4, -0.2) is 6.29 Å². The summed E-state index contributed by atoms with van der Waals surface area (Å²) in [5.41, 5.74) is 0.734.